The van der Waals surface area contributed by atoms with Gasteiger partial charge in [0.1, 0.15) is 0 Å². The molecule has 24 heavy (non-hydrogen) atoms. The van der Waals surface area contributed by atoms with E-state index in [2.05, 4.69) is 20.4 Å². The van der Waals surface area contributed by atoms with E-state index < -0.39 is 0 Å². The summed E-state index contributed by atoms with van der Waals surface area (Å²) in [6.45, 7) is 0. The minimum absolute atomic E-state index is 0.0751. The second-order valence-corrected chi connectivity index (χ2v) is 5.54. The molecule has 0 radical (unpaired) electrons. The first-order valence-corrected chi connectivity index (χ1v) is 7.87. The van der Waals surface area contributed by atoms with Gasteiger partial charge in [0.05, 0.1) is 16.9 Å². The molecule has 0 bridgehead atoms. The monoisotopic (exact) mass is 342 g/mol. The number of nitrogens with zero attached hydrogens (tertiary/aromatic N) is 3. The Morgan fingerprint density at radius 2 is 2.08 bits per heavy atom. The van der Waals surface area contributed by atoms with Crippen molar-refractivity contribution in [1.82, 2.24) is 15.1 Å². The number of hydrogen-bond donors (Lipinski definition) is 1. The Kier molecular flexibility index (Phi) is 5.18. The molecule has 1 N–H and O–H groups in total. The van der Waals surface area contributed by atoms with Gasteiger partial charge in [0.15, 0.2) is 0 Å². The quantitative estimate of drug-likeness (QED) is 0.737. The van der Waals surface area contributed by atoms with Gasteiger partial charge in [-0.3, -0.25) is 9.78 Å². The van der Waals surface area contributed by atoms with E-state index in [1.165, 1.54) is 0 Å². The number of halogens is 1. The van der Waals surface area contributed by atoms with Crippen molar-refractivity contribution >= 4 is 23.2 Å². The van der Waals surface area contributed by atoms with Crippen molar-refractivity contribution in [2.24, 2.45) is 0 Å². The lowest BCUT2D eigenvalue weighted by atomic mass is 10.2. The number of aryl methyl sites for hydroxylation is 1. The number of anilines is 1. The van der Waals surface area contributed by atoms with Gasteiger partial charge >= 0.3 is 0 Å². The zero-order valence-electron chi connectivity index (χ0n) is 12.8. The zero-order chi connectivity index (χ0) is 16.8. The van der Waals surface area contributed by atoms with Crippen LogP contribution in [0.1, 0.15) is 18.7 Å². The molecule has 0 saturated carbocycles. The highest BCUT2D eigenvalue weighted by Gasteiger charge is 2.12. The van der Waals surface area contributed by atoms with E-state index in [1.54, 1.807) is 30.6 Å². The van der Waals surface area contributed by atoms with Crippen LogP contribution < -0.4 is 5.32 Å². The summed E-state index contributed by atoms with van der Waals surface area (Å²) < 4.78 is 5.21. The minimum Gasteiger partial charge on any atom is -0.339 e. The molecule has 0 atom stereocenters. The van der Waals surface area contributed by atoms with Gasteiger partial charge in [-0.2, -0.15) is 4.98 Å². The van der Waals surface area contributed by atoms with Crippen molar-refractivity contribution in [1.29, 1.82) is 0 Å². The number of carbonyl (C=O) groups excluding carboxylic acids is 1. The van der Waals surface area contributed by atoms with Crippen molar-refractivity contribution < 1.29 is 9.32 Å². The van der Waals surface area contributed by atoms with Crippen LogP contribution in [0.25, 0.3) is 11.4 Å². The van der Waals surface area contributed by atoms with Gasteiger partial charge in [-0.1, -0.05) is 28.9 Å². The maximum absolute atomic E-state index is 11.9. The molecular formula is C17H15ClN4O2. The molecule has 0 aliphatic heterocycles. The molecule has 1 aromatic carbocycles. The lowest BCUT2D eigenvalue weighted by Gasteiger charge is -2.03. The average molecular weight is 343 g/mol. The van der Waals surface area contributed by atoms with Crippen molar-refractivity contribution in [3.05, 3.63) is 59.7 Å². The molecule has 0 aliphatic carbocycles. The van der Waals surface area contributed by atoms with Crippen LogP contribution in [-0.2, 0) is 11.2 Å². The van der Waals surface area contributed by atoms with Gasteiger partial charge in [0, 0.05) is 24.6 Å². The van der Waals surface area contributed by atoms with Gasteiger partial charge < -0.3 is 9.84 Å². The van der Waals surface area contributed by atoms with Crippen molar-refractivity contribution in [3.8, 4) is 11.4 Å². The number of benzene rings is 1. The van der Waals surface area contributed by atoms with Crippen LogP contribution in [0.4, 0.5) is 5.69 Å². The Morgan fingerprint density at radius 1 is 1.21 bits per heavy atom. The van der Waals surface area contributed by atoms with Gasteiger partial charge in [0.2, 0.25) is 17.6 Å². The molecule has 3 rings (SSSR count). The third-order valence-corrected chi connectivity index (χ3v) is 3.65. The smallest absolute Gasteiger partial charge is 0.226 e. The molecule has 1 amide bonds. The Morgan fingerprint density at radius 3 is 2.88 bits per heavy atom. The number of carbonyl (C=O) groups is 1. The van der Waals surface area contributed by atoms with Gasteiger partial charge in [-0.05, 0) is 30.7 Å². The molecular weight excluding hydrogens is 328 g/mol. The average Bonchev–Trinajstić information content (AvgIpc) is 3.05. The van der Waals surface area contributed by atoms with Gasteiger partial charge in [-0.25, -0.2) is 0 Å². The largest absolute Gasteiger partial charge is 0.339 e. The van der Waals surface area contributed by atoms with Crippen LogP contribution in [-0.4, -0.2) is 21.0 Å². The Bertz CT molecular complexity index is 820. The lowest BCUT2D eigenvalue weighted by Crippen LogP contribution is -2.11. The summed E-state index contributed by atoms with van der Waals surface area (Å²) in [7, 11) is 0. The molecule has 7 heteroatoms. The second kappa shape index (κ2) is 7.70. The highest BCUT2D eigenvalue weighted by Crippen LogP contribution is 2.25. The van der Waals surface area contributed by atoms with Crippen LogP contribution in [0.5, 0.6) is 0 Å². The first-order chi connectivity index (χ1) is 11.7. The van der Waals surface area contributed by atoms with E-state index >= 15 is 0 Å². The van der Waals surface area contributed by atoms with E-state index in [0.29, 0.717) is 41.7 Å². The topological polar surface area (TPSA) is 80.9 Å². The summed E-state index contributed by atoms with van der Waals surface area (Å²) in [5.41, 5.74) is 1.41. The predicted molar refractivity (Wildman–Crippen MR) is 90.5 cm³/mol. The molecule has 6 nitrogen and oxygen atoms in total. The number of nitrogens with one attached hydrogen (secondary N) is 1. The summed E-state index contributed by atoms with van der Waals surface area (Å²) >= 11 is 6.11. The minimum atomic E-state index is -0.0751. The molecule has 0 unspecified atom stereocenters. The molecule has 2 heterocycles. The van der Waals surface area contributed by atoms with E-state index in [9.17, 15) is 4.79 Å². The van der Waals surface area contributed by atoms with Crippen LogP contribution in [0.2, 0.25) is 5.02 Å². The van der Waals surface area contributed by atoms with Gasteiger partial charge in [-0.15, -0.1) is 0 Å². The van der Waals surface area contributed by atoms with Gasteiger partial charge in [0.25, 0.3) is 0 Å². The van der Waals surface area contributed by atoms with E-state index in [0.717, 1.165) is 5.56 Å². The highest BCUT2D eigenvalue weighted by molar-refractivity contribution is 6.33. The SMILES string of the molecule is O=C(CCCc1nc(-c2ccccc2Cl)no1)Nc1cccnc1. The second-order valence-electron chi connectivity index (χ2n) is 5.13. The molecule has 0 spiro atoms. The third kappa shape index (κ3) is 4.17. The standard InChI is InChI=1S/C17H15ClN4O2/c18-14-7-2-1-6-13(14)17-21-16(24-22-17)9-3-8-15(23)20-12-5-4-10-19-11-12/h1-2,4-7,10-11H,3,8-9H2,(H,20,23). The zero-order valence-corrected chi connectivity index (χ0v) is 13.5. The van der Waals surface area contributed by atoms with E-state index in [-0.39, 0.29) is 5.91 Å². The molecule has 122 valence electrons. The number of pyridine rings is 1. The Hall–Kier alpha value is -2.73. The maximum Gasteiger partial charge on any atom is 0.226 e. The first kappa shape index (κ1) is 16.1. The van der Waals surface area contributed by atoms with E-state index in [4.69, 9.17) is 16.1 Å². The van der Waals surface area contributed by atoms with Crippen molar-refractivity contribution in [2.45, 2.75) is 19.3 Å². The first-order valence-electron chi connectivity index (χ1n) is 7.50. The fraction of sp³-hybridized carbons (Fsp3) is 0.176. The van der Waals surface area contributed by atoms with Crippen molar-refractivity contribution in [3.63, 3.8) is 0 Å². The van der Waals surface area contributed by atoms with Crippen LogP contribution in [0, 0.1) is 0 Å². The highest BCUT2D eigenvalue weighted by atomic mass is 35.5. The lowest BCUT2D eigenvalue weighted by molar-refractivity contribution is -0.116. The van der Waals surface area contributed by atoms with Crippen LogP contribution in [0.15, 0.2) is 53.3 Å². The molecule has 0 fully saturated rings. The Balaban J connectivity index is 1.51. The third-order valence-electron chi connectivity index (χ3n) is 3.32. The number of aromatic nitrogens is 3. The maximum atomic E-state index is 11.9. The van der Waals surface area contributed by atoms with Crippen LogP contribution >= 0.6 is 11.6 Å². The summed E-state index contributed by atoms with van der Waals surface area (Å²) in [6, 6.07) is 10.9. The number of rotatable bonds is 6. The van der Waals surface area contributed by atoms with Crippen molar-refractivity contribution in [2.75, 3.05) is 5.32 Å². The predicted octanol–water partition coefficient (Wildman–Crippen LogP) is 3.75. The van der Waals surface area contributed by atoms with Crippen LogP contribution in [0.3, 0.4) is 0 Å². The number of hydrogen-bond acceptors (Lipinski definition) is 5. The molecule has 3 aromatic rings. The Labute approximate surface area is 143 Å². The summed E-state index contributed by atoms with van der Waals surface area (Å²) in [5.74, 6) is 0.864. The summed E-state index contributed by atoms with van der Waals surface area (Å²) in [4.78, 5) is 20.1. The normalized spacial score (nSPS) is 10.5. The fourth-order valence-electron chi connectivity index (χ4n) is 2.17. The fourth-order valence-corrected chi connectivity index (χ4v) is 2.39. The number of amides is 1. The molecule has 2 aromatic heterocycles. The molecule has 0 aliphatic rings. The molecule has 0 saturated heterocycles. The summed E-state index contributed by atoms with van der Waals surface area (Å²) in [6.07, 6.45) is 4.75. The van der Waals surface area contributed by atoms with E-state index in [1.807, 2.05) is 18.2 Å². The summed E-state index contributed by atoms with van der Waals surface area (Å²) in [5, 5.41) is 7.28.